The van der Waals surface area contributed by atoms with E-state index in [-0.39, 0.29) is 37.5 Å². The van der Waals surface area contributed by atoms with Crippen LogP contribution in [0.3, 0.4) is 0 Å². The molecule has 2 aromatic carbocycles. The first-order chi connectivity index (χ1) is 16.6. The predicted molar refractivity (Wildman–Crippen MR) is 126 cm³/mol. The van der Waals surface area contributed by atoms with Crippen LogP contribution in [-0.4, -0.2) is 42.2 Å². The first kappa shape index (κ1) is 26.0. The molecule has 4 rings (SSSR count). The molecule has 0 spiro atoms. The third-order valence-corrected chi connectivity index (χ3v) is 6.54. The van der Waals surface area contributed by atoms with Gasteiger partial charge in [-0.1, -0.05) is 29.8 Å². The number of likely N-dealkylation sites (N-methyl/N-ethyl adjacent to an activating group) is 1. The van der Waals surface area contributed by atoms with Crippen molar-refractivity contribution in [2.75, 3.05) is 6.54 Å². The monoisotopic (exact) mass is 509 g/mol. The van der Waals surface area contributed by atoms with Gasteiger partial charge < -0.3 is 24.3 Å². The molecule has 9 heteroatoms. The van der Waals surface area contributed by atoms with Crippen molar-refractivity contribution in [1.82, 2.24) is 5.32 Å². The van der Waals surface area contributed by atoms with Crippen molar-refractivity contribution in [3.05, 3.63) is 70.2 Å². The SMILES string of the molecule is CCNC(=O)[C@@]1(OCc2cccc(Cl)c2)C[C@@H](OCc2c(F)cccc2F)[C@@H]2OC(C)(C)O[C@@H]2C1. The van der Waals surface area contributed by atoms with Crippen molar-refractivity contribution >= 4 is 17.5 Å². The molecule has 1 saturated carbocycles. The third-order valence-electron chi connectivity index (χ3n) is 6.31. The van der Waals surface area contributed by atoms with Gasteiger partial charge in [-0.2, -0.15) is 0 Å². The molecule has 35 heavy (non-hydrogen) atoms. The van der Waals surface area contributed by atoms with Crippen LogP contribution in [0.5, 0.6) is 0 Å². The number of nitrogens with one attached hydrogen (secondary N) is 1. The average molecular weight is 510 g/mol. The van der Waals surface area contributed by atoms with Gasteiger partial charge in [-0.15, -0.1) is 0 Å². The molecular formula is C26H30ClF2NO5. The van der Waals surface area contributed by atoms with Crippen molar-refractivity contribution in [2.24, 2.45) is 0 Å². The fraction of sp³-hybridized carbons (Fsp3) is 0.500. The van der Waals surface area contributed by atoms with Gasteiger partial charge in [-0.3, -0.25) is 4.79 Å². The van der Waals surface area contributed by atoms with Crippen LogP contribution in [0.1, 0.15) is 44.7 Å². The smallest absolute Gasteiger partial charge is 0.252 e. The Morgan fingerprint density at radius 3 is 2.51 bits per heavy atom. The zero-order valence-corrected chi connectivity index (χ0v) is 20.7. The minimum atomic E-state index is -1.30. The molecule has 2 fully saturated rings. The highest BCUT2D eigenvalue weighted by Gasteiger charge is 2.58. The lowest BCUT2D eigenvalue weighted by Crippen LogP contribution is -2.60. The summed E-state index contributed by atoms with van der Waals surface area (Å²) in [4.78, 5) is 13.4. The van der Waals surface area contributed by atoms with Crippen LogP contribution in [0.2, 0.25) is 5.02 Å². The number of carbonyl (C=O) groups excluding carboxylic acids is 1. The van der Waals surface area contributed by atoms with E-state index in [4.69, 9.17) is 30.5 Å². The van der Waals surface area contributed by atoms with E-state index in [0.717, 1.165) is 5.56 Å². The third kappa shape index (κ3) is 5.84. The summed E-state index contributed by atoms with van der Waals surface area (Å²) in [5.74, 6) is -2.62. The molecule has 0 bridgehead atoms. The number of hydrogen-bond acceptors (Lipinski definition) is 5. The molecule has 0 aromatic heterocycles. The van der Waals surface area contributed by atoms with Crippen molar-refractivity contribution in [3.63, 3.8) is 0 Å². The largest absolute Gasteiger partial charge is 0.370 e. The van der Waals surface area contributed by atoms with Crippen LogP contribution in [0.4, 0.5) is 8.78 Å². The number of fused-ring (bicyclic) bond motifs is 1. The average Bonchev–Trinajstić information content (AvgIpc) is 3.11. The second-order valence-corrected chi connectivity index (χ2v) is 9.81. The molecule has 0 unspecified atom stereocenters. The topological polar surface area (TPSA) is 66.0 Å². The van der Waals surface area contributed by atoms with Crippen LogP contribution in [-0.2, 0) is 37.0 Å². The number of rotatable bonds is 8. The number of hydrogen-bond donors (Lipinski definition) is 1. The maximum atomic E-state index is 14.2. The number of benzene rings is 2. The van der Waals surface area contributed by atoms with E-state index in [2.05, 4.69) is 5.32 Å². The first-order valence-corrected chi connectivity index (χ1v) is 12.1. The maximum Gasteiger partial charge on any atom is 0.252 e. The Labute approximate surface area is 208 Å². The van der Waals surface area contributed by atoms with Crippen LogP contribution in [0, 0.1) is 11.6 Å². The molecule has 2 aromatic rings. The van der Waals surface area contributed by atoms with Crippen LogP contribution in [0.15, 0.2) is 42.5 Å². The van der Waals surface area contributed by atoms with Crippen molar-refractivity contribution in [3.8, 4) is 0 Å². The zero-order valence-electron chi connectivity index (χ0n) is 20.0. The minimum Gasteiger partial charge on any atom is -0.370 e. The summed E-state index contributed by atoms with van der Waals surface area (Å²) < 4.78 is 53.0. The summed E-state index contributed by atoms with van der Waals surface area (Å²) in [6.07, 6.45) is -1.40. The molecule has 1 aliphatic heterocycles. The highest BCUT2D eigenvalue weighted by Crippen LogP contribution is 2.44. The van der Waals surface area contributed by atoms with Gasteiger partial charge in [0.15, 0.2) is 11.4 Å². The number of ether oxygens (including phenoxy) is 4. The van der Waals surface area contributed by atoms with Crippen LogP contribution < -0.4 is 5.32 Å². The van der Waals surface area contributed by atoms with E-state index >= 15 is 0 Å². The number of amides is 1. The maximum absolute atomic E-state index is 14.2. The van der Waals surface area contributed by atoms with E-state index in [9.17, 15) is 13.6 Å². The van der Waals surface area contributed by atoms with Gasteiger partial charge in [0, 0.05) is 30.0 Å². The number of halogens is 3. The summed E-state index contributed by atoms with van der Waals surface area (Å²) in [5.41, 5.74) is -0.684. The van der Waals surface area contributed by atoms with Gasteiger partial charge in [0.1, 0.15) is 17.7 Å². The van der Waals surface area contributed by atoms with Crippen molar-refractivity contribution in [1.29, 1.82) is 0 Å². The Bertz CT molecular complexity index is 1050. The van der Waals surface area contributed by atoms with Gasteiger partial charge in [0.25, 0.3) is 5.91 Å². The van der Waals surface area contributed by atoms with E-state index < -0.39 is 41.3 Å². The van der Waals surface area contributed by atoms with Gasteiger partial charge in [0.05, 0.1) is 25.4 Å². The molecule has 4 atom stereocenters. The molecular weight excluding hydrogens is 480 g/mol. The molecule has 0 radical (unpaired) electrons. The van der Waals surface area contributed by atoms with Gasteiger partial charge in [-0.05, 0) is 50.6 Å². The zero-order chi connectivity index (χ0) is 25.2. The molecule has 6 nitrogen and oxygen atoms in total. The lowest BCUT2D eigenvalue weighted by molar-refractivity contribution is -0.183. The summed E-state index contributed by atoms with van der Waals surface area (Å²) in [6.45, 7) is 5.59. The van der Waals surface area contributed by atoms with Crippen molar-refractivity contribution in [2.45, 2.75) is 76.5 Å². The standard InChI is InChI=1S/C26H30ClF2NO5/c1-4-30-24(31)26(33-14-16-7-5-8-17(27)11-16)12-21(23-22(13-26)34-25(2,3)35-23)32-15-18-19(28)9-6-10-20(18)29/h5-11,21-23H,4,12-15H2,1-3H3,(H,30,31)/t21-,22-,23+,26-/m1/s1. The Kier molecular flexibility index (Phi) is 7.78. The fourth-order valence-corrected chi connectivity index (χ4v) is 4.95. The van der Waals surface area contributed by atoms with Gasteiger partial charge >= 0.3 is 0 Å². The van der Waals surface area contributed by atoms with E-state index in [1.807, 2.05) is 19.1 Å². The Hall–Kier alpha value is -2.10. The van der Waals surface area contributed by atoms with E-state index in [0.29, 0.717) is 11.6 Å². The van der Waals surface area contributed by atoms with Crippen molar-refractivity contribution < 1.29 is 32.5 Å². The predicted octanol–water partition coefficient (Wildman–Crippen LogP) is 4.91. The second kappa shape index (κ2) is 10.5. The molecule has 1 saturated heterocycles. The lowest BCUT2D eigenvalue weighted by atomic mass is 9.78. The molecule has 1 amide bonds. The van der Waals surface area contributed by atoms with Gasteiger partial charge in [-0.25, -0.2) is 8.78 Å². The summed E-state index contributed by atoms with van der Waals surface area (Å²) >= 11 is 6.11. The molecule has 2 aliphatic rings. The Morgan fingerprint density at radius 2 is 1.83 bits per heavy atom. The number of carbonyl (C=O) groups is 1. The van der Waals surface area contributed by atoms with E-state index in [1.165, 1.54) is 18.2 Å². The van der Waals surface area contributed by atoms with Crippen LogP contribution in [0.25, 0.3) is 0 Å². The first-order valence-electron chi connectivity index (χ1n) is 11.7. The molecule has 190 valence electrons. The summed E-state index contributed by atoms with van der Waals surface area (Å²) in [5, 5.41) is 3.41. The fourth-order valence-electron chi connectivity index (χ4n) is 4.74. The van der Waals surface area contributed by atoms with E-state index in [1.54, 1.807) is 26.0 Å². The highest BCUT2D eigenvalue weighted by molar-refractivity contribution is 6.30. The summed E-state index contributed by atoms with van der Waals surface area (Å²) in [7, 11) is 0. The lowest BCUT2D eigenvalue weighted by Gasteiger charge is -2.43. The molecule has 1 aliphatic carbocycles. The normalized spacial score (nSPS) is 27.4. The Balaban J connectivity index is 1.62. The second-order valence-electron chi connectivity index (χ2n) is 9.37. The minimum absolute atomic E-state index is 0.121. The molecule has 1 heterocycles. The summed E-state index contributed by atoms with van der Waals surface area (Å²) in [6, 6.07) is 10.8. The quantitative estimate of drug-likeness (QED) is 0.548. The Morgan fingerprint density at radius 1 is 1.11 bits per heavy atom. The molecule has 1 N–H and O–H groups in total. The highest BCUT2D eigenvalue weighted by atomic mass is 35.5. The van der Waals surface area contributed by atoms with Gasteiger partial charge in [0.2, 0.25) is 0 Å². The van der Waals surface area contributed by atoms with Crippen LogP contribution >= 0.6 is 11.6 Å².